The van der Waals surface area contributed by atoms with Crippen LogP contribution in [0, 0.1) is 20.8 Å². The summed E-state index contributed by atoms with van der Waals surface area (Å²) in [5.74, 6) is 0.995. The zero-order chi connectivity index (χ0) is 19.7. The first-order valence-electron chi connectivity index (χ1n) is 9.52. The molecular formula is C22H24N4OS. The van der Waals surface area contributed by atoms with Gasteiger partial charge in [0.25, 0.3) is 5.91 Å². The lowest BCUT2D eigenvalue weighted by Crippen LogP contribution is -2.48. The standard InChI is InChI=1S/C22H24N4OS/c1-15-13-17(3)18(14-16(15)2)19-6-7-21(24-23-19)25-8-10-26(11-9-25)22(27)20-5-4-12-28-20/h4-7,12-14H,8-11H2,1-3H3. The van der Waals surface area contributed by atoms with Crippen LogP contribution in [0.25, 0.3) is 11.3 Å². The van der Waals surface area contributed by atoms with E-state index in [1.54, 1.807) is 0 Å². The van der Waals surface area contributed by atoms with Crippen molar-refractivity contribution in [2.24, 2.45) is 0 Å². The first kappa shape index (κ1) is 18.6. The lowest BCUT2D eigenvalue weighted by Gasteiger charge is -2.35. The average molecular weight is 393 g/mol. The second kappa shape index (κ2) is 7.72. The summed E-state index contributed by atoms with van der Waals surface area (Å²) in [6.07, 6.45) is 0. The van der Waals surface area contributed by atoms with Gasteiger partial charge in [-0.25, -0.2) is 0 Å². The van der Waals surface area contributed by atoms with Crippen LogP contribution in [-0.4, -0.2) is 47.2 Å². The van der Waals surface area contributed by atoms with Crippen molar-refractivity contribution < 1.29 is 4.79 Å². The van der Waals surface area contributed by atoms with Crippen LogP contribution in [0.2, 0.25) is 0 Å². The van der Waals surface area contributed by atoms with Gasteiger partial charge in [-0.15, -0.1) is 21.5 Å². The number of carbonyl (C=O) groups excluding carboxylic acids is 1. The Kier molecular flexibility index (Phi) is 5.13. The quantitative estimate of drug-likeness (QED) is 0.674. The molecule has 0 bridgehead atoms. The van der Waals surface area contributed by atoms with Gasteiger partial charge >= 0.3 is 0 Å². The molecule has 28 heavy (non-hydrogen) atoms. The van der Waals surface area contributed by atoms with Gasteiger partial charge in [-0.3, -0.25) is 4.79 Å². The number of benzene rings is 1. The number of rotatable bonds is 3. The second-order valence-electron chi connectivity index (χ2n) is 7.28. The van der Waals surface area contributed by atoms with Crippen molar-refractivity contribution in [3.05, 3.63) is 63.3 Å². The molecule has 1 aliphatic rings. The highest BCUT2D eigenvalue weighted by molar-refractivity contribution is 7.12. The van der Waals surface area contributed by atoms with Gasteiger partial charge in [0.1, 0.15) is 0 Å². The molecule has 1 fully saturated rings. The molecule has 0 N–H and O–H groups in total. The van der Waals surface area contributed by atoms with Crippen LogP contribution < -0.4 is 4.90 Å². The number of hydrogen-bond donors (Lipinski definition) is 0. The van der Waals surface area contributed by atoms with Gasteiger partial charge in [0.2, 0.25) is 0 Å². The Morgan fingerprint density at radius 1 is 0.929 bits per heavy atom. The molecule has 4 rings (SSSR count). The third kappa shape index (κ3) is 3.64. The summed E-state index contributed by atoms with van der Waals surface area (Å²) in [5.41, 5.74) is 5.80. The van der Waals surface area contributed by atoms with Gasteiger partial charge in [0, 0.05) is 31.7 Å². The summed E-state index contributed by atoms with van der Waals surface area (Å²) in [4.78, 5) is 17.4. The first-order valence-corrected chi connectivity index (χ1v) is 10.4. The largest absolute Gasteiger partial charge is 0.352 e. The zero-order valence-electron chi connectivity index (χ0n) is 16.5. The third-order valence-corrected chi connectivity index (χ3v) is 6.25. The summed E-state index contributed by atoms with van der Waals surface area (Å²) in [6.45, 7) is 9.32. The minimum absolute atomic E-state index is 0.126. The number of amides is 1. The SMILES string of the molecule is Cc1cc(C)c(-c2ccc(N3CCN(C(=O)c4cccs4)CC3)nn2)cc1C. The molecule has 0 atom stereocenters. The number of aryl methyl sites for hydroxylation is 3. The Labute approximate surface area is 169 Å². The summed E-state index contributed by atoms with van der Waals surface area (Å²) in [6, 6.07) is 12.3. The monoisotopic (exact) mass is 392 g/mol. The van der Waals surface area contributed by atoms with Crippen LogP contribution in [0.5, 0.6) is 0 Å². The van der Waals surface area contributed by atoms with E-state index < -0.39 is 0 Å². The molecule has 0 unspecified atom stereocenters. The number of hydrogen-bond acceptors (Lipinski definition) is 5. The van der Waals surface area contributed by atoms with E-state index >= 15 is 0 Å². The first-order chi connectivity index (χ1) is 13.5. The number of carbonyl (C=O) groups is 1. The highest BCUT2D eigenvalue weighted by Crippen LogP contribution is 2.26. The summed E-state index contributed by atoms with van der Waals surface area (Å²) >= 11 is 1.50. The van der Waals surface area contributed by atoms with Crippen LogP contribution >= 0.6 is 11.3 Å². The molecular weight excluding hydrogens is 368 g/mol. The number of aromatic nitrogens is 2. The van der Waals surface area contributed by atoms with Crippen molar-refractivity contribution in [1.82, 2.24) is 15.1 Å². The van der Waals surface area contributed by atoms with Crippen molar-refractivity contribution in [2.45, 2.75) is 20.8 Å². The predicted octanol–water partition coefficient (Wildman–Crippen LogP) is 4.09. The minimum Gasteiger partial charge on any atom is -0.352 e. The van der Waals surface area contributed by atoms with E-state index in [9.17, 15) is 4.79 Å². The van der Waals surface area contributed by atoms with E-state index in [-0.39, 0.29) is 5.91 Å². The van der Waals surface area contributed by atoms with E-state index in [0.29, 0.717) is 13.1 Å². The molecule has 1 aliphatic heterocycles. The van der Waals surface area contributed by atoms with Gasteiger partial charge in [-0.2, -0.15) is 0 Å². The molecule has 0 spiro atoms. The molecule has 1 aromatic carbocycles. The number of piperazine rings is 1. The van der Waals surface area contributed by atoms with Crippen molar-refractivity contribution in [3.63, 3.8) is 0 Å². The van der Waals surface area contributed by atoms with Gasteiger partial charge in [0.15, 0.2) is 5.82 Å². The van der Waals surface area contributed by atoms with Crippen molar-refractivity contribution in [1.29, 1.82) is 0 Å². The fourth-order valence-electron chi connectivity index (χ4n) is 3.57. The number of nitrogens with zero attached hydrogens (tertiary/aromatic N) is 4. The smallest absolute Gasteiger partial charge is 0.264 e. The Bertz CT molecular complexity index is 975. The van der Waals surface area contributed by atoms with Gasteiger partial charge in [-0.1, -0.05) is 12.1 Å². The Hall–Kier alpha value is -2.73. The lowest BCUT2D eigenvalue weighted by atomic mass is 9.99. The van der Waals surface area contributed by atoms with E-state index in [0.717, 1.165) is 35.0 Å². The van der Waals surface area contributed by atoms with Crippen molar-refractivity contribution in [2.75, 3.05) is 31.1 Å². The van der Waals surface area contributed by atoms with Crippen molar-refractivity contribution >= 4 is 23.1 Å². The maximum atomic E-state index is 12.5. The minimum atomic E-state index is 0.126. The topological polar surface area (TPSA) is 49.3 Å². The summed E-state index contributed by atoms with van der Waals surface area (Å²) < 4.78 is 0. The Morgan fingerprint density at radius 3 is 2.32 bits per heavy atom. The molecule has 2 aromatic heterocycles. The predicted molar refractivity (Wildman–Crippen MR) is 114 cm³/mol. The lowest BCUT2D eigenvalue weighted by molar-refractivity contribution is 0.0751. The highest BCUT2D eigenvalue weighted by atomic mass is 32.1. The van der Waals surface area contributed by atoms with E-state index in [4.69, 9.17) is 0 Å². The maximum Gasteiger partial charge on any atom is 0.264 e. The Balaban J connectivity index is 1.44. The molecule has 0 aliphatic carbocycles. The molecule has 3 aromatic rings. The van der Waals surface area contributed by atoms with E-state index in [1.165, 1.54) is 28.0 Å². The average Bonchev–Trinajstić information content (AvgIpc) is 3.25. The molecule has 0 radical (unpaired) electrons. The van der Waals surface area contributed by atoms with Crippen molar-refractivity contribution in [3.8, 4) is 11.3 Å². The van der Waals surface area contributed by atoms with E-state index in [2.05, 4.69) is 48.0 Å². The molecule has 144 valence electrons. The molecule has 5 nitrogen and oxygen atoms in total. The fraction of sp³-hybridized carbons (Fsp3) is 0.318. The van der Waals surface area contributed by atoms with E-state index in [1.807, 2.05) is 34.5 Å². The van der Waals surface area contributed by atoms with Gasteiger partial charge in [-0.05, 0) is 67.1 Å². The van der Waals surface area contributed by atoms with Crippen LogP contribution in [0.4, 0.5) is 5.82 Å². The summed E-state index contributed by atoms with van der Waals surface area (Å²) in [5, 5.41) is 10.9. The van der Waals surface area contributed by atoms with Crippen LogP contribution in [0.1, 0.15) is 26.4 Å². The Morgan fingerprint density at radius 2 is 1.68 bits per heavy atom. The van der Waals surface area contributed by atoms with Crippen LogP contribution in [0.15, 0.2) is 41.8 Å². The number of anilines is 1. The normalized spacial score (nSPS) is 14.4. The number of thiophene rings is 1. The molecule has 3 heterocycles. The third-order valence-electron chi connectivity index (χ3n) is 5.39. The second-order valence-corrected chi connectivity index (χ2v) is 8.23. The van der Waals surface area contributed by atoms with Crippen LogP contribution in [0.3, 0.4) is 0 Å². The highest BCUT2D eigenvalue weighted by Gasteiger charge is 2.23. The van der Waals surface area contributed by atoms with Crippen LogP contribution in [-0.2, 0) is 0 Å². The fourth-order valence-corrected chi connectivity index (χ4v) is 4.26. The molecule has 0 saturated carbocycles. The molecule has 1 saturated heterocycles. The molecule has 6 heteroatoms. The molecule has 1 amide bonds. The van der Waals surface area contributed by atoms with Gasteiger partial charge < -0.3 is 9.80 Å². The zero-order valence-corrected chi connectivity index (χ0v) is 17.3. The summed E-state index contributed by atoms with van der Waals surface area (Å²) in [7, 11) is 0. The van der Waals surface area contributed by atoms with Gasteiger partial charge in [0.05, 0.1) is 10.6 Å². The maximum absolute atomic E-state index is 12.5.